The molecule has 0 N–H and O–H groups in total. The molecule has 4 heteroatoms. The average molecular weight is 347 g/mol. The summed E-state index contributed by atoms with van der Waals surface area (Å²) in [6, 6.07) is 14.5. The van der Waals surface area contributed by atoms with Crippen molar-refractivity contribution >= 4 is 35.2 Å². The Morgan fingerprint density at radius 2 is 1.57 bits per heavy atom. The molecule has 2 aromatic rings. The van der Waals surface area contributed by atoms with Crippen LogP contribution in [0, 0.1) is 0 Å². The van der Waals surface area contributed by atoms with Gasteiger partial charge in [0.05, 0.1) is 0 Å². The summed E-state index contributed by atoms with van der Waals surface area (Å²) in [6.07, 6.45) is 3.17. The molecule has 0 spiro atoms. The summed E-state index contributed by atoms with van der Waals surface area (Å²) in [5, 5.41) is 1.30. The maximum Gasteiger partial charge on any atom is 0.334 e. The molecule has 1 atom stereocenters. The second-order valence-electron chi connectivity index (χ2n) is 5.07. The van der Waals surface area contributed by atoms with Gasteiger partial charge < -0.3 is 4.74 Å². The van der Waals surface area contributed by atoms with Gasteiger partial charge >= 0.3 is 5.97 Å². The highest BCUT2D eigenvalue weighted by Crippen LogP contribution is 2.23. The number of ether oxygens (including phenoxy) is 1. The van der Waals surface area contributed by atoms with Gasteiger partial charge in [0.25, 0.3) is 0 Å². The van der Waals surface area contributed by atoms with Crippen LogP contribution >= 0.6 is 23.2 Å². The molecule has 118 valence electrons. The van der Waals surface area contributed by atoms with E-state index in [0.29, 0.717) is 15.6 Å². The Labute approximate surface area is 146 Å². The number of halogens is 2. The Bertz CT molecular complexity index is 716. The van der Waals surface area contributed by atoms with Crippen LogP contribution in [0.2, 0.25) is 10.0 Å². The van der Waals surface area contributed by atoms with Gasteiger partial charge in [-0.25, -0.2) is 4.79 Å². The highest BCUT2D eigenvalue weighted by molar-refractivity contribution is 6.30. The van der Waals surface area contributed by atoms with Crippen LogP contribution in [0.1, 0.15) is 24.2 Å². The zero-order valence-electron chi connectivity index (χ0n) is 12.6. The molecule has 0 heterocycles. The molecule has 2 rings (SSSR count). The Balaban J connectivity index is 2.25. The van der Waals surface area contributed by atoms with Gasteiger partial charge in [-0.05, 0) is 48.4 Å². The minimum Gasteiger partial charge on any atom is -0.450 e. The fourth-order valence-electron chi connectivity index (χ4n) is 1.86. The van der Waals surface area contributed by atoms with Gasteiger partial charge in [-0.15, -0.1) is 0 Å². The molecule has 0 fully saturated rings. The van der Waals surface area contributed by atoms with Crippen molar-refractivity contribution < 1.29 is 9.53 Å². The number of benzene rings is 2. The molecule has 0 saturated carbocycles. The van der Waals surface area contributed by atoms with Gasteiger partial charge in [0, 0.05) is 15.6 Å². The van der Waals surface area contributed by atoms with Gasteiger partial charge in [-0.1, -0.05) is 60.1 Å². The van der Waals surface area contributed by atoms with Crippen molar-refractivity contribution in [3.8, 4) is 0 Å². The fraction of sp³-hybridized carbons (Fsp3) is 0.105. The van der Waals surface area contributed by atoms with Crippen molar-refractivity contribution in [1.29, 1.82) is 0 Å². The van der Waals surface area contributed by atoms with Crippen molar-refractivity contribution in [2.75, 3.05) is 0 Å². The van der Waals surface area contributed by atoms with Crippen LogP contribution in [0.4, 0.5) is 0 Å². The summed E-state index contributed by atoms with van der Waals surface area (Å²) in [7, 11) is 0. The van der Waals surface area contributed by atoms with E-state index in [4.69, 9.17) is 27.9 Å². The van der Waals surface area contributed by atoms with E-state index in [9.17, 15) is 4.79 Å². The summed E-state index contributed by atoms with van der Waals surface area (Å²) in [4.78, 5) is 11.9. The maximum absolute atomic E-state index is 11.9. The number of hydrogen-bond acceptors (Lipinski definition) is 2. The van der Waals surface area contributed by atoms with Gasteiger partial charge in [-0.3, -0.25) is 0 Å². The lowest BCUT2D eigenvalue weighted by molar-refractivity contribution is -0.142. The van der Waals surface area contributed by atoms with E-state index in [1.165, 1.54) is 0 Å². The number of carbonyl (C=O) groups excluding carboxylic acids is 1. The molecule has 0 aromatic heterocycles. The van der Waals surface area contributed by atoms with Crippen LogP contribution in [0.25, 0.3) is 6.08 Å². The molecule has 0 bridgehead atoms. The molecule has 0 aliphatic carbocycles. The molecule has 1 unspecified atom stereocenters. The number of carbonyl (C=O) groups is 1. The fourth-order valence-corrected chi connectivity index (χ4v) is 2.11. The van der Waals surface area contributed by atoms with E-state index in [0.717, 1.165) is 11.1 Å². The van der Waals surface area contributed by atoms with Crippen molar-refractivity contribution in [2.24, 2.45) is 0 Å². The second kappa shape index (κ2) is 8.00. The zero-order chi connectivity index (χ0) is 16.8. The van der Waals surface area contributed by atoms with Gasteiger partial charge in [0.1, 0.15) is 6.10 Å². The summed E-state index contributed by atoms with van der Waals surface area (Å²) < 4.78 is 5.49. The maximum atomic E-state index is 11.9. The lowest BCUT2D eigenvalue weighted by atomic mass is 10.1. The molecule has 0 aliphatic heterocycles. The predicted octanol–water partition coefficient (Wildman–Crippen LogP) is 5.87. The summed E-state index contributed by atoms with van der Waals surface area (Å²) in [6.45, 7) is 5.22. The molecule has 0 saturated heterocycles. The quantitative estimate of drug-likeness (QED) is 0.500. The van der Waals surface area contributed by atoms with Crippen molar-refractivity contribution in [1.82, 2.24) is 0 Å². The van der Waals surface area contributed by atoms with E-state index in [1.807, 2.05) is 36.4 Å². The minimum atomic E-state index is -0.521. The third kappa shape index (κ3) is 5.27. The highest BCUT2D eigenvalue weighted by atomic mass is 35.5. The molecule has 2 aromatic carbocycles. The SMILES string of the molecule is C=C(C)C(=O)OC(/C=C/c1ccc(Cl)cc1)c1ccc(Cl)cc1. The Kier molecular flexibility index (Phi) is 6.03. The summed E-state index contributed by atoms with van der Waals surface area (Å²) >= 11 is 11.8. The average Bonchev–Trinajstić information content (AvgIpc) is 2.53. The first-order valence-electron chi connectivity index (χ1n) is 7.01. The summed E-state index contributed by atoms with van der Waals surface area (Å²) in [5.41, 5.74) is 2.14. The van der Waals surface area contributed by atoms with E-state index < -0.39 is 12.1 Å². The van der Waals surface area contributed by atoms with Crippen molar-refractivity contribution in [2.45, 2.75) is 13.0 Å². The standard InChI is InChI=1S/C19H16Cl2O2/c1-13(2)19(22)23-18(15-6-10-17(21)11-7-15)12-5-14-3-8-16(20)9-4-14/h3-12,18H,1H2,2H3/b12-5+. The smallest absolute Gasteiger partial charge is 0.334 e. The molecular formula is C19H16Cl2O2. The van der Waals surface area contributed by atoms with Crippen LogP contribution in [0.3, 0.4) is 0 Å². The lowest BCUT2D eigenvalue weighted by Crippen LogP contribution is -2.10. The molecule has 23 heavy (non-hydrogen) atoms. The molecule has 0 amide bonds. The molecule has 0 aliphatic rings. The van der Waals surface area contributed by atoms with Gasteiger partial charge in [0.2, 0.25) is 0 Å². The monoisotopic (exact) mass is 346 g/mol. The van der Waals surface area contributed by atoms with Crippen molar-refractivity contribution in [3.05, 3.63) is 87.9 Å². The van der Waals surface area contributed by atoms with E-state index >= 15 is 0 Å². The van der Waals surface area contributed by atoms with Crippen LogP contribution in [-0.2, 0) is 9.53 Å². The first-order valence-corrected chi connectivity index (χ1v) is 7.77. The van der Waals surface area contributed by atoms with Gasteiger partial charge in [0.15, 0.2) is 0 Å². The third-order valence-corrected chi connectivity index (χ3v) is 3.62. The van der Waals surface area contributed by atoms with Crippen LogP contribution in [0.15, 0.2) is 66.8 Å². The Hall–Kier alpha value is -2.03. The first-order chi connectivity index (χ1) is 11.0. The van der Waals surface area contributed by atoms with Gasteiger partial charge in [-0.2, -0.15) is 0 Å². The first kappa shape index (κ1) is 17.3. The van der Waals surface area contributed by atoms with E-state index in [2.05, 4.69) is 6.58 Å². The zero-order valence-corrected chi connectivity index (χ0v) is 14.1. The minimum absolute atomic E-state index is 0.351. The normalized spacial score (nSPS) is 12.1. The number of rotatable bonds is 5. The largest absolute Gasteiger partial charge is 0.450 e. The van der Waals surface area contributed by atoms with Crippen molar-refractivity contribution in [3.63, 3.8) is 0 Å². The van der Waals surface area contributed by atoms with Crippen LogP contribution in [-0.4, -0.2) is 5.97 Å². The molecular weight excluding hydrogens is 331 g/mol. The van der Waals surface area contributed by atoms with Crippen LogP contribution < -0.4 is 0 Å². The Morgan fingerprint density at radius 1 is 1.04 bits per heavy atom. The number of hydrogen-bond donors (Lipinski definition) is 0. The van der Waals surface area contributed by atoms with E-state index in [1.54, 1.807) is 31.2 Å². The third-order valence-electron chi connectivity index (χ3n) is 3.11. The summed E-state index contributed by atoms with van der Waals surface area (Å²) in [5.74, 6) is -0.439. The topological polar surface area (TPSA) is 26.3 Å². The van der Waals surface area contributed by atoms with E-state index in [-0.39, 0.29) is 0 Å². The Morgan fingerprint density at radius 3 is 2.09 bits per heavy atom. The highest BCUT2D eigenvalue weighted by Gasteiger charge is 2.14. The molecule has 2 nitrogen and oxygen atoms in total. The lowest BCUT2D eigenvalue weighted by Gasteiger charge is -2.15. The number of esters is 1. The van der Waals surface area contributed by atoms with Crippen LogP contribution in [0.5, 0.6) is 0 Å². The second-order valence-corrected chi connectivity index (χ2v) is 5.94. The molecule has 0 radical (unpaired) electrons. The predicted molar refractivity (Wildman–Crippen MR) is 95.6 cm³/mol.